The van der Waals surface area contributed by atoms with E-state index in [2.05, 4.69) is 13.8 Å². The molecule has 0 N–H and O–H groups in total. The first-order valence-corrected chi connectivity index (χ1v) is 8.78. The summed E-state index contributed by atoms with van der Waals surface area (Å²) in [6.45, 7) is 4.57. The van der Waals surface area contributed by atoms with Crippen LogP contribution in [0.5, 0.6) is 0 Å². The van der Waals surface area contributed by atoms with Gasteiger partial charge in [-0.2, -0.15) is 0 Å². The third-order valence-electron chi connectivity index (χ3n) is 5.77. The number of rotatable bonds is 5. The number of hydrogen-bond donors (Lipinski definition) is 0. The molecule has 0 bridgehead atoms. The zero-order valence-electron chi connectivity index (χ0n) is 13.0. The van der Waals surface area contributed by atoms with Crippen LogP contribution >= 0.6 is 0 Å². The van der Waals surface area contributed by atoms with Gasteiger partial charge in [-0.25, -0.2) is 0 Å². The van der Waals surface area contributed by atoms with E-state index < -0.39 is 0 Å². The van der Waals surface area contributed by atoms with Crippen molar-refractivity contribution in [3.63, 3.8) is 0 Å². The second-order valence-corrected chi connectivity index (χ2v) is 7.03. The minimum Gasteiger partial charge on any atom is -0.299 e. The van der Waals surface area contributed by atoms with Gasteiger partial charge in [0, 0.05) is 11.8 Å². The predicted molar refractivity (Wildman–Crippen MR) is 81.1 cm³/mol. The Kier molecular flexibility index (Phi) is 5.91. The molecular formula is C18H32O. The van der Waals surface area contributed by atoms with Crippen molar-refractivity contribution in [3.05, 3.63) is 0 Å². The van der Waals surface area contributed by atoms with Crippen molar-refractivity contribution in [1.82, 2.24) is 0 Å². The monoisotopic (exact) mass is 264 g/mol. The van der Waals surface area contributed by atoms with Crippen LogP contribution in [-0.2, 0) is 4.79 Å². The van der Waals surface area contributed by atoms with Crippen LogP contribution in [0.4, 0.5) is 0 Å². The number of ketones is 1. The van der Waals surface area contributed by atoms with Gasteiger partial charge in [0.1, 0.15) is 5.78 Å². The number of carbonyl (C=O) groups excluding carboxylic acids is 1. The lowest BCUT2D eigenvalue weighted by Crippen LogP contribution is -2.30. The first-order valence-electron chi connectivity index (χ1n) is 8.78. The van der Waals surface area contributed by atoms with E-state index in [1.165, 1.54) is 70.6 Å². The Morgan fingerprint density at radius 2 is 1.26 bits per heavy atom. The van der Waals surface area contributed by atoms with Gasteiger partial charge in [0.05, 0.1) is 0 Å². The highest BCUT2D eigenvalue weighted by molar-refractivity contribution is 5.83. The van der Waals surface area contributed by atoms with Crippen LogP contribution in [0.2, 0.25) is 0 Å². The predicted octanol–water partition coefficient (Wildman–Crippen LogP) is 5.38. The average molecular weight is 264 g/mol. The number of Topliss-reactive ketones (excluding diaryl/α,β-unsaturated/α-hetero) is 1. The van der Waals surface area contributed by atoms with E-state index in [-0.39, 0.29) is 0 Å². The Morgan fingerprint density at radius 3 is 1.68 bits per heavy atom. The Morgan fingerprint density at radius 1 is 0.789 bits per heavy atom. The lowest BCUT2D eigenvalue weighted by Gasteiger charge is -2.33. The van der Waals surface area contributed by atoms with E-state index in [0.29, 0.717) is 17.6 Å². The van der Waals surface area contributed by atoms with Crippen LogP contribution in [0.3, 0.4) is 0 Å². The molecule has 0 radical (unpaired) electrons. The Hall–Kier alpha value is -0.330. The fraction of sp³-hybridized carbons (Fsp3) is 0.944. The van der Waals surface area contributed by atoms with Crippen LogP contribution < -0.4 is 0 Å². The van der Waals surface area contributed by atoms with E-state index >= 15 is 0 Å². The molecule has 2 fully saturated rings. The van der Waals surface area contributed by atoms with Crippen LogP contribution in [0.1, 0.15) is 84.5 Å². The molecule has 0 spiro atoms. The molecule has 0 aliphatic heterocycles. The van der Waals surface area contributed by atoms with Crippen molar-refractivity contribution >= 4 is 5.78 Å². The zero-order valence-corrected chi connectivity index (χ0v) is 13.0. The molecule has 0 aromatic carbocycles. The topological polar surface area (TPSA) is 17.1 Å². The molecule has 110 valence electrons. The Balaban J connectivity index is 1.75. The van der Waals surface area contributed by atoms with E-state index in [9.17, 15) is 4.79 Å². The maximum atomic E-state index is 12.6. The average Bonchev–Trinajstić information content (AvgIpc) is 2.48. The summed E-state index contributed by atoms with van der Waals surface area (Å²) in [4.78, 5) is 12.6. The molecule has 0 unspecified atom stereocenters. The molecule has 19 heavy (non-hydrogen) atoms. The highest BCUT2D eigenvalue weighted by Gasteiger charge is 2.32. The fourth-order valence-electron chi connectivity index (χ4n) is 4.33. The van der Waals surface area contributed by atoms with Crippen LogP contribution in [-0.4, -0.2) is 5.78 Å². The van der Waals surface area contributed by atoms with Crippen molar-refractivity contribution in [1.29, 1.82) is 0 Å². The van der Waals surface area contributed by atoms with Crippen molar-refractivity contribution in [2.45, 2.75) is 84.5 Å². The fourth-order valence-corrected chi connectivity index (χ4v) is 4.33. The maximum absolute atomic E-state index is 12.6. The van der Waals surface area contributed by atoms with Crippen LogP contribution in [0, 0.1) is 23.7 Å². The highest BCUT2D eigenvalue weighted by Crippen LogP contribution is 2.37. The summed E-state index contributed by atoms with van der Waals surface area (Å²) in [5.41, 5.74) is 0. The molecule has 2 aliphatic rings. The van der Waals surface area contributed by atoms with Gasteiger partial charge in [0.2, 0.25) is 0 Å². The maximum Gasteiger partial charge on any atom is 0.139 e. The van der Waals surface area contributed by atoms with Crippen molar-refractivity contribution < 1.29 is 4.79 Å². The molecule has 2 aliphatic carbocycles. The van der Waals surface area contributed by atoms with E-state index in [0.717, 1.165) is 11.8 Å². The summed E-state index contributed by atoms with van der Waals surface area (Å²) in [6, 6.07) is 0. The summed E-state index contributed by atoms with van der Waals surface area (Å²) in [7, 11) is 0. The quantitative estimate of drug-likeness (QED) is 0.651. The van der Waals surface area contributed by atoms with E-state index in [1.54, 1.807) is 0 Å². The molecule has 2 rings (SSSR count). The lowest BCUT2D eigenvalue weighted by molar-refractivity contribution is -0.129. The van der Waals surface area contributed by atoms with Gasteiger partial charge in [-0.1, -0.05) is 33.1 Å². The molecule has 0 saturated heterocycles. The molecule has 1 heteroatoms. The molecule has 2 saturated carbocycles. The van der Waals surface area contributed by atoms with Gasteiger partial charge in [0.15, 0.2) is 0 Å². The number of carbonyl (C=O) groups is 1. The SMILES string of the molecule is CCCC1CCC(C(=O)C2CCC(CC)CC2)CC1. The number of hydrogen-bond acceptors (Lipinski definition) is 1. The third-order valence-corrected chi connectivity index (χ3v) is 5.77. The van der Waals surface area contributed by atoms with Gasteiger partial charge >= 0.3 is 0 Å². The molecule has 0 heterocycles. The Labute approximate surface area is 119 Å². The molecule has 1 nitrogen and oxygen atoms in total. The summed E-state index contributed by atoms with van der Waals surface area (Å²) in [5, 5.41) is 0. The van der Waals surface area contributed by atoms with Gasteiger partial charge < -0.3 is 0 Å². The van der Waals surface area contributed by atoms with Crippen molar-refractivity contribution in [2.24, 2.45) is 23.7 Å². The van der Waals surface area contributed by atoms with Crippen LogP contribution in [0.15, 0.2) is 0 Å². The summed E-state index contributed by atoms with van der Waals surface area (Å²) in [5.74, 6) is 3.32. The summed E-state index contributed by atoms with van der Waals surface area (Å²) >= 11 is 0. The highest BCUT2D eigenvalue weighted by atomic mass is 16.1. The normalized spacial score (nSPS) is 36.1. The van der Waals surface area contributed by atoms with Gasteiger partial charge in [-0.3, -0.25) is 4.79 Å². The second-order valence-electron chi connectivity index (χ2n) is 7.03. The summed E-state index contributed by atoms with van der Waals surface area (Å²) in [6.07, 6.45) is 14.0. The van der Waals surface area contributed by atoms with Gasteiger partial charge in [-0.05, 0) is 63.2 Å². The molecule has 0 aromatic heterocycles. The zero-order chi connectivity index (χ0) is 13.7. The van der Waals surface area contributed by atoms with Gasteiger partial charge in [-0.15, -0.1) is 0 Å². The smallest absolute Gasteiger partial charge is 0.139 e. The van der Waals surface area contributed by atoms with Crippen LogP contribution in [0.25, 0.3) is 0 Å². The lowest BCUT2D eigenvalue weighted by atomic mass is 9.71. The minimum atomic E-state index is 0.426. The first-order chi connectivity index (χ1) is 9.24. The van der Waals surface area contributed by atoms with E-state index in [4.69, 9.17) is 0 Å². The molecule has 0 aromatic rings. The molecule has 0 amide bonds. The van der Waals surface area contributed by atoms with Gasteiger partial charge in [0.25, 0.3) is 0 Å². The largest absolute Gasteiger partial charge is 0.299 e. The van der Waals surface area contributed by atoms with Crippen molar-refractivity contribution in [3.8, 4) is 0 Å². The summed E-state index contributed by atoms with van der Waals surface area (Å²) < 4.78 is 0. The first kappa shape index (κ1) is 15.1. The van der Waals surface area contributed by atoms with Crippen molar-refractivity contribution in [2.75, 3.05) is 0 Å². The molecule has 0 atom stereocenters. The van der Waals surface area contributed by atoms with E-state index in [1.807, 2.05) is 0 Å². The third kappa shape index (κ3) is 4.07. The molecular weight excluding hydrogens is 232 g/mol. The second kappa shape index (κ2) is 7.45. The standard InChI is InChI=1S/C18H32O/c1-3-5-15-8-12-17(13-9-15)18(19)16-10-6-14(4-2)7-11-16/h14-17H,3-13H2,1-2H3. The Bertz CT molecular complexity index is 267. The minimum absolute atomic E-state index is 0.426.